The highest BCUT2D eigenvalue weighted by Gasteiger charge is 2.47. The van der Waals surface area contributed by atoms with Crippen LogP contribution in [0.25, 0.3) is 0 Å². The van der Waals surface area contributed by atoms with Crippen molar-refractivity contribution in [1.29, 1.82) is 0 Å². The smallest absolute Gasteiger partial charge is 0.253 e. The lowest BCUT2D eigenvalue weighted by Gasteiger charge is -2.54. The van der Waals surface area contributed by atoms with Crippen molar-refractivity contribution >= 4 is 41.5 Å². The number of amides is 2. The van der Waals surface area contributed by atoms with E-state index in [9.17, 15) is 9.59 Å². The van der Waals surface area contributed by atoms with Crippen molar-refractivity contribution in [2.75, 3.05) is 32.0 Å². The van der Waals surface area contributed by atoms with Crippen LogP contribution in [0.2, 0.25) is 5.02 Å². The van der Waals surface area contributed by atoms with E-state index in [1.165, 1.54) is 0 Å². The Kier molecular flexibility index (Phi) is 6.73. The van der Waals surface area contributed by atoms with Gasteiger partial charge in [-0.15, -0.1) is 12.4 Å². The van der Waals surface area contributed by atoms with Gasteiger partial charge in [0.15, 0.2) is 0 Å². The molecule has 0 unspecified atom stereocenters. The Morgan fingerprint density at radius 3 is 2.89 bits per heavy atom. The van der Waals surface area contributed by atoms with Gasteiger partial charge in [0.25, 0.3) is 5.91 Å². The minimum Gasteiger partial charge on any atom is -0.387 e. The maximum atomic E-state index is 12.8. The quantitative estimate of drug-likeness (QED) is 0.691. The van der Waals surface area contributed by atoms with Crippen LogP contribution in [0.15, 0.2) is 18.2 Å². The molecule has 2 bridgehead atoms. The minimum absolute atomic E-state index is 0. The van der Waals surface area contributed by atoms with Gasteiger partial charge in [-0.25, -0.2) is 0 Å². The summed E-state index contributed by atoms with van der Waals surface area (Å²) >= 11 is 6.08. The number of piperidine rings is 3. The van der Waals surface area contributed by atoms with E-state index in [1.807, 2.05) is 0 Å². The van der Waals surface area contributed by atoms with Crippen LogP contribution in [0.1, 0.15) is 36.0 Å². The molecule has 0 aromatic heterocycles. The normalized spacial score (nSPS) is 28.8. The Morgan fingerprint density at radius 1 is 1.32 bits per heavy atom. The second-order valence-corrected chi connectivity index (χ2v) is 8.33. The highest BCUT2D eigenvalue weighted by atomic mass is 35.5. The van der Waals surface area contributed by atoms with E-state index < -0.39 is 0 Å². The van der Waals surface area contributed by atoms with Crippen LogP contribution in [-0.2, 0) is 4.79 Å². The molecule has 6 nitrogen and oxygen atoms in total. The predicted octanol–water partition coefficient (Wildman–Crippen LogP) is 2.52. The fourth-order valence-corrected chi connectivity index (χ4v) is 5.28. The van der Waals surface area contributed by atoms with Crippen LogP contribution in [0, 0.1) is 11.8 Å². The van der Waals surface area contributed by atoms with Crippen molar-refractivity contribution in [3.63, 3.8) is 0 Å². The molecule has 3 heterocycles. The van der Waals surface area contributed by atoms with Crippen LogP contribution in [0.4, 0.5) is 5.69 Å². The molecule has 3 saturated heterocycles. The molecule has 154 valence electrons. The van der Waals surface area contributed by atoms with Gasteiger partial charge >= 0.3 is 0 Å². The molecule has 4 atom stereocenters. The van der Waals surface area contributed by atoms with E-state index in [1.54, 1.807) is 25.2 Å². The molecule has 8 heteroatoms. The molecule has 1 aromatic rings. The molecular weight excluding hydrogens is 399 g/mol. The standard InChI is InChI=1S/C20H27ClN4O2.ClH/c1-22-16-6-5-14(21)8-15(16)20(27)24-11-18-13-7-12(9-23-10-13)17-3-2-4-19(26)25(17)18;/h5-6,8,12-13,17-18,22-23H,2-4,7,9-11H2,1H3,(H,24,27);1H/t12-,13+,17+,18+;/m1./s1. The zero-order valence-corrected chi connectivity index (χ0v) is 17.6. The number of halogens is 2. The highest BCUT2D eigenvalue weighted by molar-refractivity contribution is 6.31. The number of rotatable bonds is 4. The second kappa shape index (κ2) is 8.89. The zero-order chi connectivity index (χ0) is 19.0. The second-order valence-electron chi connectivity index (χ2n) is 7.89. The average Bonchev–Trinajstić information content (AvgIpc) is 2.68. The predicted molar refractivity (Wildman–Crippen MR) is 113 cm³/mol. The third kappa shape index (κ3) is 3.95. The molecule has 3 aliphatic heterocycles. The number of carbonyl (C=O) groups is 2. The van der Waals surface area contributed by atoms with Crippen LogP contribution in [0.3, 0.4) is 0 Å². The fourth-order valence-electron chi connectivity index (χ4n) is 5.11. The molecule has 0 aliphatic carbocycles. The Bertz CT molecular complexity index is 745. The van der Waals surface area contributed by atoms with Crippen molar-refractivity contribution in [2.24, 2.45) is 11.8 Å². The van der Waals surface area contributed by atoms with Gasteiger partial charge < -0.3 is 20.9 Å². The van der Waals surface area contributed by atoms with Gasteiger partial charge in [-0.3, -0.25) is 9.59 Å². The van der Waals surface area contributed by atoms with Crippen molar-refractivity contribution in [3.8, 4) is 0 Å². The first-order valence-electron chi connectivity index (χ1n) is 9.86. The first-order chi connectivity index (χ1) is 13.1. The number of anilines is 1. The molecule has 0 saturated carbocycles. The third-order valence-corrected chi connectivity index (χ3v) is 6.60. The fraction of sp³-hybridized carbons (Fsp3) is 0.600. The maximum Gasteiger partial charge on any atom is 0.253 e. The van der Waals surface area contributed by atoms with E-state index in [4.69, 9.17) is 11.6 Å². The molecule has 3 N–H and O–H groups in total. The summed E-state index contributed by atoms with van der Waals surface area (Å²) in [5.41, 5.74) is 1.27. The van der Waals surface area contributed by atoms with Crippen LogP contribution >= 0.6 is 24.0 Å². The van der Waals surface area contributed by atoms with E-state index in [0.29, 0.717) is 41.4 Å². The van der Waals surface area contributed by atoms with Gasteiger partial charge in [-0.1, -0.05) is 11.6 Å². The number of nitrogens with zero attached hydrogens (tertiary/aromatic N) is 1. The largest absolute Gasteiger partial charge is 0.387 e. The zero-order valence-electron chi connectivity index (χ0n) is 16.0. The number of carbonyl (C=O) groups excluding carboxylic acids is 2. The van der Waals surface area contributed by atoms with E-state index in [-0.39, 0.29) is 30.3 Å². The van der Waals surface area contributed by atoms with Crippen molar-refractivity contribution in [1.82, 2.24) is 15.5 Å². The van der Waals surface area contributed by atoms with Gasteiger partial charge in [-0.2, -0.15) is 0 Å². The SMILES string of the molecule is CNc1ccc(Cl)cc1C(=O)NC[C@H]1[C@@H]2CNC[C@@H](C2)[C@@H]2CCCC(=O)N21.Cl. The molecule has 3 fully saturated rings. The van der Waals surface area contributed by atoms with Crippen LogP contribution in [-0.4, -0.2) is 55.5 Å². The van der Waals surface area contributed by atoms with Gasteiger partial charge in [-0.05, 0) is 55.8 Å². The third-order valence-electron chi connectivity index (χ3n) is 6.37. The summed E-state index contributed by atoms with van der Waals surface area (Å²) in [6.45, 7) is 2.39. The Hall–Kier alpha value is -1.50. The van der Waals surface area contributed by atoms with Crippen molar-refractivity contribution in [2.45, 2.75) is 37.8 Å². The van der Waals surface area contributed by atoms with Crippen molar-refractivity contribution in [3.05, 3.63) is 28.8 Å². The summed E-state index contributed by atoms with van der Waals surface area (Å²) in [4.78, 5) is 27.6. The summed E-state index contributed by atoms with van der Waals surface area (Å²) in [6, 6.07) is 5.62. The molecule has 4 rings (SSSR count). The first kappa shape index (κ1) is 21.2. The average molecular weight is 427 g/mol. The minimum atomic E-state index is -0.159. The summed E-state index contributed by atoms with van der Waals surface area (Å²) in [5, 5.41) is 10.2. The lowest BCUT2D eigenvalue weighted by Crippen LogP contribution is -2.66. The first-order valence-corrected chi connectivity index (χ1v) is 10.2. The molecule has 0 spiro atoms. The summed E-state index contributed by atoms with van der Waals surface area (Å²) in [6.07, 6.45) is 3.83. The monoisotopic (exact) mass is 426 g/mol. The van der Waals surface area contributed by atoms with Crippen LogP contribution < -0.4 is 16.0 Å². The Balaban J connectivity index is 0.00000225. The number of fused-ring (bicyclic) bond motifs is 4. The molecule has 28 heavy (non-hydrogen) atoms. The molecule has 0 radical (unpaired) electrons. The summed E-state index contributed by atoms with van der Waals surface area (Å²) in [5.74, 6) is 1.03. The van der Waals surface area contributed by atoms with Gasteiger partial charge in [0.05, 0.1) is 11.6 Å². The number of hydrogen-bond donors (Lipinski definition) is 3. The summed E-state index contributed by atoms with van der Waals surface area (Å²) < 4.78 is 0. The van der Waals surface area contributed by atoms with Crippen LogP contribution in [0.5, 0.6) is 0 Å². The van der Waals surface area contributed by atoms with E-state index >= 15 is 0 Å². The molecular formula is C20H28Cl2N4O2. The number of nitrogens with one attached hydrogen (secondary N) is 3. The Labute approximate surface area is 177 Å². The van der Waals surface area contributed by atoms with Gasteiger partial charge in [0.2, 0.25) is 5.91 Å². The van der Waals surface area contributed by atoms with E-state index in [2.05, 4.69) is 20.9 Å². The van der Waals surface area contributed by atoms with E-state index in [0.717, 1.165) is 38.0 Å². The maximum absolute atomic E-state index is 12.8. The summed E-state index contributed by atoms with van der Waals surface area (Å²) in [7, 11) is 1.78. The number of hydrogen-bond acceptors (Lipinski definition) is 4. The number of benzene rings is 1. The topological polar surface area (TPSA) is 73.5 Å². The molecule has 1 aromatic carbocycles. The molecule has 3 aliphatic rings. The van der Waals surface area contributed by atoms with Gasteiger partial charge in [0, 0.05) is 43.3 Å². The Morgan fingerprint density at radius 2 is 2.11 bits per heavy atom. The lowest BCUT2D eigenvalue weighted by molar-refractivity contribution is -0.148. The lowest BCUT2D eigenvalue weighted by atomic mass is 9.72. The van der Waals surface area contributed by atoms with Crippen molar-refractivity contribution < 1.29 is 9.59 Å². The molecule has 2 amide bonds. The highest BCUT2D eigenvalue weighted by Crippen LogP contribution is 2.39. The van der Waals surface area contributed by atoms with Gasteiger partial charge in [0.1, 0.15) is 0 Å².